The van der Waals surface area contributed by atoms with Gasteiger partial charge in [-0.25, -0.2) is 0 Å². The Bertz CT molecular complexity index is 692. The Morgan fingerprint density at radius 2 is 1.74 bits per heavy atom. The highest BCUT2D eigenvalue weighted by molar-refractivity contribution is 5.97. The molecule has 1 amide bonds. The van der Waals surface area contributed by atoms with E-state index in [-0.39, 0.29) is 18.1 Å². The molecule has 0 saturated carbocycles. The number of nitrogens with one attached hydrogen (secondary N) is 1. The van der Waals surface area contributed by atoms with Gasteiger partial charge < -0.3 is 10.1 Å². The van der Waals surface area contributed by atoms with Gasteiger partial charge in [-0.05, 0) is 57.9 Å². The van der Waals surface area contributed by atoms with E-state index in [2.05, 4.69) is 37.4 Å². The Morgan fingerprint density at radius 1 is 1.04 bits per heavy atom. The van der Waals surface area contributed by atoms with E-state index in [9.17, 15) is 4.79 Å². The summed E-state index contributed by atoms with van der Waals surface area (Å²) in [5.74, 6) is 0.501. The lowest BCUT2D eigenvalue weighted by atomic mass is 10.00. The van der Waals surface area contributed by atoms with Crippen LogP contribution < -0.4 is 10.1 Å². The van der Waals surface area contributed by atoms with Gasteiger partial charge in [0.15, 0.2) is 0 Å². The molecule has 0 aliphatic rings. The number of benzene rings is 2. The molecule has 0 heterocycles. The molecule has 3 nitrogen and oxygen atoms in total. The van der Waals surface area contributed by atoms with E-state index < -0.39 is 0 Å². The van der Waals surface area contributed by atoms with E-state index in [1.807, 2.05) is 39.0 Å². The molecule has 3 heteroatoms. The quantitative estimate of drug-likeness (QED) is 0.877. The molecule has 2 aromatic rings. The fraction of sp³-hybridized carbons (Fsp3) is 0.350. The summed E-state index contributed by atoms with van der Waals surface area (Å²) in [7, 11) is 0. The van der Waals surface area contributed by atoms with Crippen molar-refractivity contribution in [3.05, 3.63) is 64.7 Å². The van der Waals surface area contributed by atoms with Crippen molar-refractivity contribution in [1.29, 1.82) is 0 Å². The SMILES string of the molecule is Cc1ccc([C@H](C)NC(=O)c2ccccc2OC(C)C)c(C)c1. The molecular formula is C20H25NO2. The fourth-order valence-corrected chi connectivity index (χ4v) is 2.67. The van der Waals surface area contributed by atoms with Crippen molar-refractivity contribution in [2.45, 2.75) is 46.8 Å². The van der Waals surface area contributed by atoms with Crippen molar-refractivity contribution in [3.63, 3.8) is 0 Å². The third-order valence-electron chi connectivity index (χ3n) is 3.73. The Balaban J connectivity index is 2.18. The van der Waals surface area contributed by atoms with E-state index in [0.717, 1.165) is 5.56 Å². The van der Waals surface area contributed by atoms with Crippen molar-refractivity contribution in [1.82, 2.24) is 5.32 Å². The van der Waals surface area contributed by atoms with E-state index >= 15 is 0 Å². The maximum Gasteiger partial charge on any atom is 0.255 e. The molecule has 122 valence electrons. The Hall–Kier alpha value is -2.29. The molecule has 0 saturated heterocycles. The van der Waals surface area contributed by atoms with Crippen molar-refractivity contribution in [2.24, 2.45) is 0 Å². The van der Waals surface area contributed by atoms with Gasteiger partial charge in [-0.3, -0.25) is 4.79 Å². The van der Waals surface area contributed by atoms with E-state index in [0.29, 0.717) is 11.3 Å². The summed E-state index contributed by atoms with van der Waals surface area (Å²) >= 11 is 0. The van der Waals surface area contributed by atoms with Crippen LogP contribution in [0.1, 0.15) is 53.9 Å². The molecule has 0 aliphatic carbocycles. The first-order valence-electron chi connectivity index (χ1n) is 8.02. The molecule has 0 unspecified atom stereocenters. The number of hydrogen-bond donors (Lipinski definition) is 1. The van der Waals surface area contributed by atoms with Crippen LogP contribution in [0, 0.1) is 13.8 Å². The van der Waals surface area contributed by atoms with Gasteiger partial charge in [-0.15, -0.1) is 0 Å². The first kappa shape index (κ1) is 17.1. The van der Waals surface area contributed by atoms with Gasteiger partial charge in [0.25, 0.3) is 5.91 Å². The number of carbonyl (C=O) groups excluding carboxylic acids is 1. The lowest BCUT2D eigenvalue weighted by molar-refractivity contribution is 0.0934. The number of ether oxygens (including phenoxy) is 1. The zero-order valence-electron chi connectivity index (χ0n) is 14.5. The van der Waals surface area contributed by atoms with Crippen LogP contribution in [0.25, 0.3) is 0 Å². The number of carbonyl (C=O) groups is 1. The van der Waals surface area contributed by atoms with Gasteiger partial charge in [0.2, 0.25) is 0 Å². The summed E-state index contributed by atoms with van der Waals surface area (Å²) in [4.78, 5) is 12.6. The average Bonchev–Trinajstić information content (AvgIpc) is 2.46. The predicted molar refractivity (Wildman–Crippen MR) is 94.0 cm³/mol. The predicted octanol–water partition coefficient (Wildman–Crippen LogP) is 4.58. The van der Waals surface area contributed by atoms with Gasteiger partial charge in [0, 0.05) is 0 Å². The first-order valence-corrected chi connectivity index (χ1v) is 8.02. The Kier molecular flexibility index (Phi) is 5.43. The highest BCUT2D eigenvalue weighted by Crippen LogP contribution is 2.22. The average molecular weight is 311 g/mol. The minimum Gasteiger partial charge on any atom is -0.490 e. The molecule has 0 fully saturated rings. The third-order valence-corrected chi connectivity index (χ3v) is 3.73. The minimum absolute atomic E-state index is 0.0284. The summed E-state index contributed by atoms with van der Waals surface area (Å²) in [5.41, 5.74) is 4.11. The molecule has 0 aromatic heterocycles. The molecular weight excluding hydrogens is 286 g/mol. The van der Waals surface area contributed by atoms with Crippen molar-refractivity contribution in [2.75, 3.05) is 0 Å². The van der Waals surface area contributed by atoms with E-state index in [1.54, 1.807) is 6.07 Å². The van der Waals surface area contributed by atoms with Crippen LogP contribution in [0.15, 0.2) is 42.5 Å². The van der Waals surface area contributed by atoms with Gasteiger partial charge in [-0.1, -0.05) is 35.9 Å². The monoisotopic (exact) mass is 311 g/mol. The normalized spacial score (nSPS) is 12.1. The standard InChI is InChI=1S/C20H25NO2/c1-13(2)23-19-9-7-6-8-18(19)20(22)21-16(5)17-11-10-14(3)12-15(17)4/h6-13,16H,1-5H3,(H,21,22)/t16-/m0/s1. The Labute approximate surface area is 138 Å². The third kappa shape index (κ3) is 4.35. The molecule has 0 aliphatic heterocycles. The smallest absolute Gasteiger partial charge is 0.255 e. The lowest BCUT2D eigenvalue weighted by Crippen LogP contribution is -2.27. The van der Waals surface area contributed by atoms with Crippen LogP contribution in [0.4, 0.5) is 0 Å². The summed E-state index contributed by atoms with van der Waals surface area (Å²) < 4.78 is 5.73. The number of rotatable bonds is 5. The van der Waals surface area contributed by atoms with Crippen LogP contribution in [0.2, 0.25) is 0 Å². The summed E-state index contributed by atoms with van der Waals surface area (Å²) in [6.07, 6.45) is 0.0284. The van der Waals surface area contributed by atoms with Crippen molar-refractivity contribution >= 4 is 5.91 Å². The van der Waals surface area contributed by atoms with Crippen LogP contribution in [-0.4, -0.2) is 12.0 Å². The zero-order valence-corrected chi connectivity index (χ0v) is 14.5. The van der Waals surface area contributed by atoms with Crippen LogP contribution in [-0.2, 0) is 0 Å². The van der Waals surface area contributed by atoms with Crippen molar-refractivity contribution in [3.8, 4) is 5.75 Å². The first-order chi connectivity index (χ1) is 10.9. The van der Waals surface area contributed by atoms with E-state index in [1.165, 1.54) is 11.1 Å². The molecule has 0 bridgehead atoms. The summed E-state index contributed by atoms with van der Waals surface area (Å²) in [5, 5.41) is 3.07. The number of aryl methyl sites for hydroxylation is 2. The zero-order chi connectivity index (χ0) is 17.0. The molecule has 1 N–H and O–H groups in total. The second kappa shape index (κ2) is 7.32. The second-order valence-electron chi connectivity index (χ2n) is 6.22. The molecule has 23 heavy (non-hydrogen) atoms. The second-order valence-corrected chi connectivity index (χ2v) is 6.22. The van der Waals surface area contributed by atoms with Crippen LogP contribution >= 0.6 is 0 Å². The lowest BCUT2D eigenvalue weighted by Gasteiger charge is -2.19. The topological polar surface area (TPSA) is 38.3 Å². The van der Waals surface area contributed by atoms with Gasteiger partial charge in [-0.2, -0.15) is 0 Å². The number of para-hydroxylation sites is 1. The highest BCUT2D eigenvalue weighted by atomic mass is 16.5. The fourth-order valence-electron chi connectivity index (χ4n) is 2.67. The molecule has 0 spiro atoms. The highest BCUT2D eigenvalue weighted by Gasteiger charge is 2.17. The summed E-state index contributed by atoms with van der Waals surface area (Å²) in [6.45, 7) is 10.0. The maximum absolute atomic E-state index is 12.6. The summed E-state index contributed by atoms with van der Waals surface area (Å²) in [6, 6.07) is 13.6. The molecule has 1 atom stereocenters. The van der Waals surface area contributed by atoms with Crippen LogP contribution in [0.5, 0.6) is 5.75 Å². The minimum atomic E-state index is -0.117. The largest absolute Gasteiger partial charge is 0.490 e. The molecule has 0 radical (unpaired) electrons. The van der Waals surface area contributed by atoms with Gasteiger partial charge in [0.1, 0.15) is 5.75 Å². The van der Waals surface area contributed by atoms with Gasteiger partial charge in [0.05, 0.1) is 17.7 Å². The molecule has 2 rings (SSSR count). The van der Waals surface area contributed by atoms with Crippen molar-refractivity contribution < 1.29 is 9.53 Å². The van der Waals surface area contributed by atoms with Crippen LogP contribution in [0.3, 0.4) is 0 Å². The number of amides is 1. The van der Waals surface area contributed by atoms with E-state index in [4.69, 9.17) is 4.74 Å². The molecule has 2 aromatic carbocycles. The number of hydrogen-bond acceptors (Lipinski definition) is 2. The van der Waals surface area contributed by atoms with Gasteiger partial charge >= 0.3 is 0 Å². The Morgan fingerprint density at radius 3 is 2.39 bits per heavy atom. The maximum atomic E-state index is 12.6.